The van der Waals surface area contributed by atoms with Crippen molar-refractivity contribution in [2.45, 2.75) is 19.0 Å². The molecule has 3 nitrogen and oxygen atoms in total. The van der Waals surface area contributed by atoms with Gasteiger partial charge in [0.05, 0.1) is 18.2 Å². The van der Waals surface area contributed by atoms with Crippen molar-refractivity contribution in [2.75, 3.05) is 6.61 Å². The van der Waals surface area contributed by atoms with E-state index in [0.29, 0.717) is 12.1 Å². The van der Waals surface area contributed by atoms with E-state index in [4.69, 9.17) is 5.26 Å². The lowest BCUT2D eigenvalue weighted by atomic mass is 10.0. The standard InChI is InChI=1S/C17H18N2O/c18-11-15-8-4-5-9-16(15)12-19-17(13-20)10-14-6-2-1-3-7-14/h1-9,17,19-20H,10,12-13H2/t17-/m1/s1. The molecule has 0 aliphatic heterocycles. The van der Waals surface area contributed by atoms with Crippen molar-refractivity contribution in [1.82, 2.24) is 5.32 Å². The molecule has 0 bridgehead atoms. The molecule has 2 aromatic carbocycles. The molecule has 0 aliphatic rings. The molecule has 0 radical (unpaired) electrons. The number of nitrogens with one attached hydrogen (secondary N) is 1. The van der Waals surface area contributed by atoms with Gasteiger partial charge in [-0.05, 0) is 23.6 Å². The first-order chi connectivity index (χ1) is 9.83. The maximum absolute atomic E-state index is 9.46. The van der Waals surface area contributed by atoms with E-state index < -0.39 is 0 Å². The smallest absolute Gasteiger partial charge is 0.0995 e. The molecule has 0 saturated heterocycles. The molecular formula is C17H18N2O. The lowest BCUT2D eigenvalue weighted by molar-refractivity contribution is 0.241. The maximum atomic E-state index is 9.46. The average molecular weight is 266 g/mol. The number of hydrogen-bond acceptors (Lipinski definition) is 3. The highest BCUT2D eigenvalue weighted by molar-refractivity contribution is 5.37. The van der Waals surface area contributed by atoms with Crippen molar-refractivity contribution in [3.63, 3.8) is 0 Å². The van der Waals surface area contributed by atoms with Crippen LogP contribution < -0.4 is 5.32 Å². The van der Waals surface area contributed by atoms with E-state index in [1.165, 1.54) is 5.56 Å². The molecular weight excluding hydrogens is 248 g/mol. The highest BCUT2D eigenvalue weighted by Crippen LogP contribution is 2.08. The van der Waals surface area contributed by atoms with Crippen LogP contribution in [0.1, 0.15) is 16.7 Å². The van der Waals surface area contributed by atoms with Crippen LogP contribution in [-0.2, 0) is 13.0 Å². The van der Waals surface area contributed by atoms with Gasteiger partial charge in [-0.3, -0.25) is 0 Å². The van der Waals surface area contributed by atoms with Crippen LogP contribution in [0.5, 0.6) is 0 Å². The Balaban J connectivity index is 1.96. The van der Waals surface area contributed by atoms with Gasteiger partial charge in [0.1, 0.15) is 0 Å². The fourth-order valence-corrected chi connectivity index (χ4v) is 2.14. The molecule has 0 amide bonds. The zero-order valence-electron chi connectivity index (χ0n) is 11.3. The Hall–Kier alpha value is -2.15. The summed E-state index contributed by atoms with van der Waals surface area (Å²) in [6.45, 7) is 0.658. The SMILES string of the molecule is N#Cc1ccccc1CN[C@@H](CO)Cc1ccccc1. The highest BCUT2D eigenvalue weighted by atomic mass is 16.3. The molecule has 0 heterocycles. The number of nitriles is 1. The lowest BCUT2D eigenvalue weighted by Crippen LogP contribution is -2.34. The molecule has 0 fully saturated rings. The Kier molecular flexibility index (Phi) is 5.31. The van der Waals surface area contributed by atoms with Crippen LogP contribution >= 0.6 is 0 Å². The molecule has 0 aromatic heterocycles. The first-order valence-corrected chi connectivity index (χ1v) is 6.69. The molecule has 0 aliphatic carbocycles. The van der Waals surface area contributed by atoms with Crippen molar-refractivity contribution in [3.05, 3.63) is 71.3 Å². The maximum Gasteiger partial charge on any atom is 0.0995 e. The summed E-state index contributed by atoms with van der Waals surface area (Å²) < 4.78 is 0. The van der Waals surface area contributed by atoms with E-state index in [1.807, 2.05) is 54.6 Å². The second-order valence-corrected chi connectivity index (χ2v) is 4.72. The molecule has 3 heteroatoms. The predicted octanol–water partition coefficient (Wildman–Crippen LogP) is 2.25. The van der Waals surface area contributed by atoms with E-state index in [9.17, 15) is 5.11 Å². The first-order valence-electron chi connectivity index (χ1n) is 6.69. The Labute approximate surface area is 119 Å². The van der Waals surface area contributed by atoms with E-state index in [0.717, 1.165) is 12.0 Å². The Morgan fingerprint density at radius 2 is 1.75 bits per heavy atom. The summed E-state index contributed by atoms with van der Waals surface area (Å²) in [5, 5.41) is 21.8. The number of rotatable bonds is 6. The molecule has 0 unspecified atom stereocenters. The van der Waals surface area contributed by atoms with E-state index in [2.05, 4.69) is 11.4 Å². The van der Waals surface area contributed by atoms with Crippen molar-refractivity contribution < 1.29 is 5.11 Å². The summed E-state index contributed by atoms with van der Waals surface area (Å²) in [5.41, 5.74) is 2.82. The van der Waals surface area contributed by atoms with Crippen molar-refractivity contribution in [1.29, 1.82) is 5.26 Å². The summed E-state index contributed by atoms with van der Waals surface area (Å²) in [4.78, 5) is 0. The molecule has 0 saturated carbocycles. The van der Waals surface area contributed by atoms with Crippen LogP contribution in [0.4, 0.5) is 0 Å². The molecule has 1 atom stereocenters. The van der Waals surface area contributed by atoms with Gasteiger partial charge in [0.15, 0.2) is 0 Å². The number of nitrogens with zero attached hydrogens (tertiary/aromatic N) is 1. The molecule has 2 aromatic rings. The molecule has 20 heavy (non-hydrogen) atoms. The second kappa shape index (κ2) is 7.44. The number of hydrogen-bond donors (Lipinski definition) is 2. The minimum absolute atomic E-state index is 0.0100. The van der Waals surface area contributed by atoms with Gasteiger partial charge in [-0.15, -0.1) is 0 Å². The van der Waals surface area contributed by atoms with Crippen molar-refractivity contribution in [3.8, 4) is 6.07 Å². The number of benzene rings is 2. The van der Waals surface area contributed by atoms with Gasteiger partial charge in [0.2, 0.25) is 0 Å². The van der Waals surface area contributed by atoms with Gasteiger partial charge in [-0.25, -0.2) is 0 Å². The molecule has 2 N–H and O–H groups in total. The largest absolute Gasteiger partial charge is 0.395 e. The van der Waals surface area contributed by atoms with Crippen LogP contribution in [0.15, 0.2) is 54.6 Å². The third-order valence-corrected chi connectivity index (χ3v) is 3.26. The summed E-state index contributed by atoms with van der Waals surface area (Å²) in [7, 11) is 0. The second-order valence-electron chi connectivity index (χ2n) is 4.72. The third-order valence-electron chi connectivity index (χ3n) is 3.26. The van der Waals surface area contributed by atoms with E-state index in [-0.39, 0.29) is 12.6 Å². The predicted molar refractivity (Wildman–Crippen MR) is 79.0 cm³/mol. The Morgan fingerprint density at radius 3 is 2.45 bits per heavy atom. The van der Waals surface area contributed by atoms with Gasteiger partial charge < -0.3 is 10.4 Å². The molecule has 102 valence electrons. The fourth-order valence-electron chi connectivity index (χ4n) is 2.14. The van der Waals surface area contributed by atoms with Crippen LogP contribution in [0.25, 0.3) is 0 Å². The Morgan fingerprint density at radius 1 is 1.05 bits per heavy atom. The van der Waals surface area contributed by atoms with E-state index in [1.54, 1.807) is 0 Å². The number of aliphatic hydroxyl groups excluding tert-OH is 1. The van der Waals surface area contributed by atoms with Gasteiger partial charge in [-0.1, -0.05) is 48.5 Å². The summed E-state index contributed by atoms with van der Waals surface area (Å²) in [6, 6.07) is 19.8. The molecule has 2 rings (SSSR count). The van der Waals surface area contributed by atoms with Crippen LogP contribution in [0, 0.1) is 11.3 Å². The zero-order valence-corrected chi connectivity index (χ0v) is 11.3. The lowest BCUT2D eigenvalue weighted by Gasteiger charge is -2.17. The quantitative estimate of drug-likeness (QED) is 0.843. The molecule has 0 spiro atoms. The summed E-state index contributed by atoms with van der Waals surface area (Å²) in [5.74, 6) is 0. The van der Waals surface area contributed by atoms with Gasteiger partial charge in [0, 0.05) is 12.6 Å². The highest BCUT2D eigenvalue weighted by Gasteiger charge is 2.09. The van der Waals surface area contributed by atoms with Gasteiger partial charge >= 0.3 is 0 Å². The topological polar surface area (TPSA) is 56.0 Å². The first kappa shape index (κ1) is 14.3. The normalized spacial score (nSPS) is 11.8. The Bertz CT molecular complexity index is 575. The van der Waals surface area contributed by atoms with Crippen molar-refractivity contribution >= 4 is 0 Å². The average Bonchev–Trinajstić information content (AvgIpc) is 2.52. The van der Waals surface area contributed by atoms with E-state index >= 15 is 0 Å². The summed E-state index contributed by atoms with van der Waals surface area (Å²) >= 11 is 0. The van der Waals surface area contributed by atoms with Crippen LogP contribution in [0.2, 0.25) is 0 Å². The summed E-state index contributed by atoms with van der Waals surface area (Å²) in [6.07, 6.45) is 0.770. The minimum Gasteiger partial charge on any atom is -0.395 e. The fraction of sp³-hybridized carbons (Fsp3) is 0.235. The monoisotopic (exact) mass is 266 g/mol. The van der Waals surface area contributed by atoms with Crippen molar-refractivity contribution in [2.24, 2.45) is 0 Å². The van der Waals surface area contributed by atoms with Crippen LogP contribution in [0.3, 0.4) is 0 Å². The van der Waals surface area contributed by atoms with Gasteiger partial charge in [0.25, 0.3) is 0 Å². The number of aliphatic hydroxyl groups is 1. The van der Waals surface area contributed by atoms with Gasteiger partial charge in [-0.2, -0.15) is 5.26 Å². The zero-order chi connectivity index (χ0) is 14.2. The van der Waals surface area contributed by atoms with Crippen LogP contribution in [-0.4, -0.2) is 17.8 Å². The third kappa shape index (κ3) is 3.92. The minimum atomic E-state index is -0.0100.